The molecule has 0 N–H and O–H groups in total. The summed E-state index contributed by atoms with van der Waals surface area (Å²) < 4.78 is 2.63. The third-order valence-electron chi connectivity index (χ3n) is 4.29. The normalized spacial score (nSPS) is 12.1. The van der Waals surface area contributed by atoms with Crippen LogP contribution in [0.1, 0.15) is 0 Å². The fraction of sp³-hybridized carbons (Fsp3) is 0.150. The van der Waals surface area contributed by atoms with Crippen LogP contribution in [0, 0.1) is 0 Å². The molecular weight excluding hydrogens is 314 g/mol. The van der Waals surface area contributed by atoms with Gasteiger partial charge in [0.15, 0.2) is 0 Å². The van der Waals surface area contributed by atoms with E-state index in [1.807, 2.05) is 23.6 Å². The van der Waals surface area contributed by atoms with Gasteiger partial charge in [-0.3, -0.25) is 4.98 Å². The summed E-state index contributed by atoms with van der Waals surface area (Å²) in [5.74, 6) is 0. The van der Waals surface area contributed by atoms with Gasteiger partial charge in [-0.1, -0.05) is 67.3 Å². The fourth-order valence-corrected chi connectivity index (χ4v) is 5.11. The number of hydrogen-bond donors (Lipinski definition) is 0. The van der Waals surface area contributed by atoms with Crippen LogP contribution in [0.15, 0.2) is 60.8 Å². The van der Waals surface area contributed by atoms with Gasteiger partial charge in [0.2, 0.25) is 0 Å². The Morgan fingerprint density at radius 2 is 1.57 bits per heavy atom. The van der Waals surface area contributed by atoms with Crippen molar-refractivity contribution >= 4 is 44.8 Å². The number of benzene rings is 2. The second-order valence-corrected chi connectivity index (χ2v) is 13.2. The van der Waals surface area contributed by atoms with Gasteiger partial charge in [0, 0.05) is 27.2 Å². The quantitative estimate of drug-likeness (QED) is 0.431. The molecular formula is C20H19NSSi. The van der Waals surface area contributed by atoms with E-state index in [2.05, 4.69) is 73.2 Å². The molecule has 0 bridgehead atoms. The molecule has 2 aromatic carbocycles. The van der Waals surface area contributed by atoms with Crippen LogP contribution in [-0.4, -0.2) is 13.1 Å². The summed E-state index contributed by atoms with van der Waals surface area (Å²) in [5.41, 5.74) is 2.23. The molecule has 4 aromatic rings. The van der Waals surface area contributed by atoms with Gasteiger partial charge >= 0.3 is 0 Å². The molecule has 0 aliphatic rings. The van der Waals surface area contributed by atoms with Crippen molar-refractivity contribution in [2.24, 2.45) is 0 Å². The number of hydrogen-bond acceptors (Lipinski definition) is 2. The first-order valence-electron chi connectivity index (χ1n) is 7.90. The summed E-state index contributed by atoms with van der Waals surface area (Å²) >= 11 is 1.84. The molecule has 114 valence electrons. The standard InChI is InChI=1S/C20H19NSSi/c1-23(2,3)15-9-10-19-16(11-15)17-12-18(21-13-20(17)22-19)14-7-5-4-6-8-14/h4-13H,1-3H3. The third kappa shape index (κ3) is 2.60. The highest BCUT2D eigenvalue weighted by Gasteiger charge is 2.17. The molecule has 4 rings (SSSR count). The number of pyridine rings is 1. The molecule has 0 atom stereocenters. The average Bonchev–Trinajstić information content (AvgIpc) is 2.92. The largest absolute Gasteiger partial charge is 0.255 e. The summed E-state index contributed by atoms with van der Waals surface area (Å²) in [4.78, 5) is 4.66. The topological polar surface area (TPSA) is 12.9 Å². The third-order valence-corrected chi connectivity index (χ3v) is 7.46. The van der Waals surface area contributed by atoms with Crippen molar-refractivity contribution in [3.8, 4) is 11.3 Å². The number of thiophene rings is 1. The van der Waals surface area contributed by atoms with Crippen molar-refractivity contribution in [3.05, 3.63) is 60.8 Å². The fourth-order valence-electron chi connectivity index (χ4n) is 2.92. The lowest BCUT2D eigenvalue weighted by atomic mass is 10.1. The van der Waals surface area contributed by atoms with Crippen molar-refractivity contribution < 1.29 is 0 Å². The minimum atomic E-state index is -1.30. The van der Waals surface area contributed by atoms with Gasteiger partial charge in [-0.15, -0.1) is 11.3 Å². The van der Waals surface area contributed by atoms with Gasteiger partial charge in [0.05, 0.1) is 18.5 Å². The SMILES string of the molecule is C[Si](C)(C)c1ccc2sc3cnc(-c4ccccc4)cc3c2c1. The molecule has 2 heterocycles. The van der Waals surface area contributed by atoms with Crippen LogP contribution in [-0.2, 0) is 0 Å². The first-order valence-corrected chi connectivity index (χ1v) is 12.2. The first kappa shape index (κ1) is 14.6. The molecule has 0 aliphatic carbocycles. The van der Waals surface area contributed by atoms with Crippen LogP contribution >= 0.6 is 11.3 Å². The predicted octanol–water partition coefficient (Wildman–Crippen LogP) is 5.66. The zero-order chi connectivity index (χ0) is 16.0. The molecule has 23 heavy (non-hydrogen) atoms. The van der Waals surface area contributed by atoms with Crippen molar-refractivity contribution in [2.75, 3.05) is 0 Å². The summed E-state index contributed by atoms with van der Waals surface area (Å²) in [6, 6.07) is 19.7. The minimum Gasteiger partial charge on any atom is -0.255 e. The van der Waals surface area contributed by atoms with Crippen LogP contribution in [0.25, 0.3) is 31.4 Å². The van der Waals surface area contributed by atoms with E-state index in [1.165, 1.54) is 30.9 Å². The minimum absolute atomic E-state index is 1.05. The van der Waals surface area contributed by atoms with Crippen molar-refractivity contribution in [1.82, 2.24) is 4.98 Å². The van der Waals surface area contributed by atoms with Gasteiger partial charge in [-0.2, -0.15) is 0 Å². The molecule has 0 saturated heterocycles. The molecule has 0 fully saturated rings. The van der Waals surface area contributed by atoms with Crippen LogP contribution in [0.5, 0.6) is 0 Å². The molecule has 3 heteroatoms. The highest BCUT2D eigenvalue weighted by atomic mass is 32.1. The Labute approximate surface area is 141 Å². The van der Waals surface area contributed by atoms with Gasteiger partial charge in [0.1, 0.15) is 0 Å². The average molecular weight is 334 g/mol. The summed E-state index contributed by atoms with van der Waals surface area (Å²) in [6.07, 6.45) is 2.02. The van der Waals surface area contributed by atoms with Gasteiger partial charge in [-0.05, 0) is 12.1 Å². The zero-order valence-electron chi connectivity index (χ0n) is 13.6. The van der Waals surface area contributed by atoms with E-state index in [9.17, 15) is 0 Å². The zero-order valence-corrected chi connectivity index (χ0v) is 15.4. The Bertz CT molecular complexity index is 997. The highest BCUT2D eigenvalue weighted by Crippen LogP contribution is 2.35. The molecule has 1 nitrogen and oxygen atoms in total. The Morgan fingerprint density at radius 1 is 0.826 bits per heavy atom. The maximum absolute atomic E-state index is 4.66. The molecule has 0 saturated carbocycles. The number of nitrogens with zero attached hydrogens (tertiary/aromatic N) is 1. The molecule has 2 aromatic heterocycles. The van der Waals surface area contributed by atoms with Crippen molar-refractivity contribution in [1.29, 1.82) is 0 Å². The van der Waals surface area contributed by atoms with E-state index in [0.29, 0.717) is 0 Å². The summed E-state index contributed by atoms with van der Waals surface area (Å²) in [5, 5.41) is 4.23. The molecule has 0 amide bonds. The smallest absolute Gasteiger partial charge is 0.0776 e. The van der Waals surface area contributed by atoms with Crippen molar-refractivity contribution in [3.63, 3.8) is 0 Å². The van der Waals surface area contributed by atoms with Crippen LogP contribution < -0.4 is 5.19 Å². The van der Waals surface area contributed by atoms with Crippen LogP contribution in [0.2, 0.25) is 19.6 Å². The Kier molecular flexibility index (Phi) is 3.36. The molecule has 0 aliphatic heterocycles. The number of rotatable bonds is 2. The maximum Gasteiger partial charge on any atom is 0.0776 e. The van der Waals surface area contributed by atoms with E-state index in [4.69, 9.17) is 0 Å². The molecule has 0 unspecified atom stereocenters. The number of aromatic nitrogens is 1. The summed E-state index contributed by atoms with van der Waals surface area (Å²) in [7, 11) is -1.30. The van der Waals surface area contributed by atoms with Gasteiger partial charge in [-0.25, -0.2) is 0 Å². The summed E-state index contributed by atoms with van der Waals surface area (Å²) in [6.45, 7) is 7.21. The Balaban J connectivity index is 1.97. The van der Waals surface area contributed by atoms with E-state index in [-0.39, 0.29) is 0 Å². The second-order valence-electron chi connectivity index (χ2n) is 6.99. The van der Waals surface area contributed by atoms with Gasteiger partial charge in [0.25, 0.3) is 0 Å². The monoisotopic (exact) mass is 333 g/mol. The predicted molar refractivity (Wildman–Crippen MR) is 106 cm³/mol. The maximum atomic E-state index is 4.66. The van der Waals surface area contributed by atoms with E-state index in [1.54, 1.807) is 0 Å². The van der Waals surface area contributed by atoms with E-state index < -0.39 is 8.07 Å². The lowest BCUT2D eigenvalue weighted by Gasteiger charge is -2.16. The Morgan fingerprint density at radius 3 is 2.30 bits per heavy atom. The first-order chi connectivity index (χ1) is 11.0. The van der Waals surface area contributed by atoms with Crippen LogP contribution in [0.4, 0.5) is 0 Å². The van der Waals surface area contributed by atoms with E-state index >= 15 is 0 Å². The second kappa shape index (κ2) is 5.29. The van der Waals surface area contributed by atoms with Gasteiger partial charge < -0.3 is 0 Å². The molecule has 0 radical (unpaired) electrons. The van der Waals surface area contributed by atoms with E-state index in [0.717, 1.165) is 5.69 Å². The lowest BCUT2D eigenvalue weighted by Crippen LogP contribution is -2.37. The lowest BCUT2D eigenvalue weighted by molar-refractivity contribution is 1.37. The van der Waals surface area contributed by atoms with Crippen molar-refractivity contribution in [2.45, 2.75) is 19.6 Å². The Hall–Kier alpha value is -1.97. The van der Waals surface area contributed by atoms with Crippen LogP contribution in [0.3, 0.4) is 0 Å². The number of fused-ring (bicyclic) bond motifs is 3. The highest BCUT2D eigenvalue weighted by molar-refractivity contribution is 7.25. The molecule has 0 spiro atoms.